The van der Waals surface area contributed by atoms with Gasteiger partial charge in [-0.25, -0.2) is 8.78 Å². The Hall–Kier alpha value is -2.17. The molecule has 0 radical (unpaired) electrons. The number of methoxy groups -OCH3 is 1. The number of halogens is 3. The second-order valence-electron chi connectivity index (χ2n) is 9.03. The van der Waals surface area contributed by atoms with Crippen LogP contribution in [0.5, 0.6) is 11.5 Å². The van der Waals surface area contributed by atoms with Gasteiger partial charge in [0.1, 0.15) is 11.6 Å². The van der Waals surface area contributed by atoms with Gasteiger partial charge in [-0.1, -0.05) is 31.4 Å². The molecule has 0 heterocycles. The number of rotatable bonds is 6. The molecule has 2 aromatic rings. The Bertz CT molecular complexity index is 884. The van der Waals surface area contributed by atoms with E-state index in [0.717, 1.165) is 56.9 Å². The van der Waals surface area contributed by atoms with Crippen LogP contribution in [0.25, 0.3) is 0 Å². The summed E-state index contributed by atoms with van der Waals surface area (Å²) >= 11 is 0. The van der Waals surface area contributed by atoms with Gasteiger partial charge in [0.25, 0.3) is 0 Å². The Morgan fingerprint density at radius 2 is 1.45 bits per heavy atom. The maximum absolute atomic E-state index is 14.6. The first-order valence-corrected chi connectivity index (χ1v) is 11.5. The molecule has 0 saturated heterocycles. The molecule has 2 aliphatic rings. The van der Waals surface area contributed by atoms with Crippen LogP contribution < -0.4 is 9.47 Å². The Balaban J connectivity index is 1.32. The molecule has 2 saturated carbocycles. The van der Waals surface area contributed by atoms with Gasteiger partial charge in [-0.2, -0.15) is 4.39 Å². The van der Waals surface area contributed by atoms with E-state index in [1.54, 1.807) is 18.2 Å². The molecule has 31 heavy (non-hydrogen) atoms. The molecule has 0 bridgehead atoms. The molecular formula is C26H31F3O2. The molecule has 4 rings (SSSR count). The highest BCUT2D eigenvalue weighted by atomic mass is 19.2. The highest BCUT2D eigenvalue weighted by Crippen LogP contribution is 2.39. The van der Waals surface area contributed by atoms with Crippen LogP contribution in [0.2, 0.25) is 0 Å². The third-order valence-electron chi connectivity index (χ3n) is 7.09. The van der Waals surface area contributed by atoms with Crippen molar-refractivity contribution in [2.24, 2.45) is 5.92 Å². The lowest BCUT2D eigenvalue weighted by molar-refractivity contribution is 0.191. The summed E-state index contributed by atoms with van der Waals surface area (Å²) in [5.41, 5.74) is 1.22. The van der Waals surface area contributed by atoms with Gasteiger partial charge in [0.05, 0.1) is 13.7 Å². The Morgan fingerprint density at radius 1 is 0.774 bits per heavy atom. The third-order valence-corrected chi connectivity index (χ3v) is 7.09. The molecule has 2 aliphatic carbocycles. The molecule has 0 N–H and O–H groups in total. The minimum Gasteiger partial charge on any atom is -0.497 e. The molecule has 2 nitrogen and oxygen atoms in total. The van der Waals surface area contributed by atoms with Crippen molar-refractivity contribution in [1.29, 1.82) is 0 Å². The molecule has 2 aromatic carbocycles. The van der Waals surface area contributed by atoms with Crippen molar-refractivity contribution in [1.82, 2.24) is 0 Å². The standard InChI is InChI=1S/C26H31F3O2/c1-30-20-11-12-21(23(27)15-20)19-9-7-17(8-10-19)16-31-24-14-13-22(25(28)26(24)29)18-5-3-2-4-6-18/h11-15,17-19H,2-10,16H2,1H3. The van der Waals surface area contributed by atoms with Crippen LogP contribution in [-0.4, -0.2) is 13.7 Å². The molecule has 0 atom stereocenters. The van der Waals surface area contributed by atoms with Crippen molar-refractivity contribution in [2.75, 3.05) is 13.7 Å². The number of ether oxygens (including phenoxy) is 2. The van der Waals surface area contributed by atoms with Crippen LogP contribution in [0.3, 0.4) is 0 Å². The number of benzene rings is 2. The number of hydrogen-bond acceptors (Lipinski definition) is 2. The molecule has 168 valence electrons. The fourth-order valence-electron chi connectivity index (χ4n) is 5.20. The second kappa shape index (κ2) is 9.97. The summed E-state index contributed by atoms with van der Waals surface area (Å²) in [6.45, 7) is 0.358. The van der Waals surface area contributed by atoms with Gasteiger partial charge >= 0.3 is 0 Å². The molecule has 0 spiro atoms. The van der Waals surface area contributed by atoms with Crippen LogP contribution >= 0.6 is 0 Å². The summed E-state index contributed by atoms with van der Waals surface area (Å²) in [7, 11) is 1.53. The van der Waals surface area contributed by atoms with Gasteiger partial charge in [0, 0.05) is 6.07 Å². The molecule has 2 fully saturated rings. The maximum Gasteiger partial charge on any atom is 0.200 e. The lowest BCUT2D eigenvalue weighted by Crippen LogP contribution is -2.20. The van der Waals surface area contributed by atoms with E-state index >= 15 is 0 Å². The highest BCUT2D eigenvalue weighted by molar-refractivity contribution is 5.34. The molecule has 0 unspecified atom stereocenters. The van der Waals surface area contributed by atoms with Gasteiger partial charge in [0.2, 0.25) is 5.82 Å². The van der Waals surface area contributed by atoms with Crippen LogP contribution in [0.1, 0.15) is 80.8 Å². The normalized spacial score (nSPS) is 22.3. The minimum atomic E-state index is -0.864. The Kier molecular flexibility index (Phi) is 7.09. The molecule has 5 heteroatoms. The van der Waals surface area contributed by atoms with Crippen molar-refractivity contribution >= 4 is 0 Å². The third kappa shape index (κ3) is 5.02. The lowest BCUT2D eigenvalue weighted by atomic mass is 9.79. The summed E-state index contributed by atoms with van der Waals surface area (Å²) in [5, 5.41) is 0. The number of hydrogen-bond donors (Lipinski definition) is 0. The summed E-state index contributed by atoms with van der Waals surface area (Å²) in [6, 6.07) is 8.32. The van der Waals surface area contributed by atoms with Crippen molar-refractivity contribution in [3.05, 3.63) is 58.9 Å². The van der Waals surface area contributed by atoms with Crippen molar-refractivity contribution in [3.63, 3.8) is 0 Å². The van der Waals surface area contributed by atoms with E-state index in [2.05, 4.69) is 0 Å². The molecular weight excluding hydrogens is 401 g/mol. The van der Waals surface area contributed by atoms with E-state index in [1.165, 1.54) is 19.6 Å². The van der Waals surface area contributed by atoms with E-state index in [-0.39, 0.29) is 29.3 Å². The van der Waals surface area contributed by atoms with Crippen LogP contribution in [0.4, 0.5) is 13.2 Å². The zero-order chi connectivity index (χ0) is 21.8. The maximum atomic E-state index is 14.6. The van der Waals surface area contributed by atoms with Crippen LogP contribution in [0, 0.1) is 23.4 Å². The van der Waals surface area contributed by atoms with Gasteiger partial charge < -0.3 is 9.47 Å². The Morgan fingerprint density at radius 3 is 2.13 bits per heavy atom. The van der Waals surface area contributed by atoms with Crippen LogP contribution in [0.15, 0.2) is 30.3 Å². The predicted octanol–water partition coefficient (Wildman–Crippen LogP) is 7.51. The van der Waals surface area contributed by atoms with Gasteiger partial charge in [-0.3, -0.25) is 0 Å². The van der Waals surface area contributed by atoms with Crippen molar-refractivity contribution < 1.29 is 22.6 Å². The first kappa shape index (κ1) is 22.0. The zero-order valence-corrected chi connectivity index (χ0v) is 18.1. The fraction of sp³-hybridized carbons (Fsp3) is 0.538. The van der Waals surface area contributed by atoms with Crippen LogP contribution in [-0.2, 0) is 0 Å². The highest BCUT2D eigenvalue weighted by Gasteiger charge is 2.26. The average Bonchev–Trinajstić information content (AvgIpc) is 2.81. The van der Waals surface area contributed by atoms with Crippen molar-refractivity contribution in [2.45, 2.75) is 69.6 Å². The summed E-state index contributed by atoms with van der Waals surface area (Å²) in [6.07, 6.45) is 8.64. The zero-order valence-electron chi connectivity index (χ0n) is 18.1. The largest absolute Gasteiger partial charge is 0.497 e. The summed E-state index contributed by atoms with van der Waals surface area (Å²) in [4.78, 5) is 0. The second-order valence-corrected chi connectivity index (χ2v) is 9.03. The van der Waals surface area contributed by atoms with Gasteiger partial charge in [0.15, 0.2) is 11.6 Å². The summed E-state index contributed by atoms with van der Waals surface area (Å²) < 4.78 is 54.4. The molecule has 0 amide bonds. The quantitative estimate of drug-likeness (QED) is 0.470. The monoisotopic (exact) mass is 432 g/mol. The lowest BCUT2D eigenvalue weighted by Gasteiger charge is -2.29. The first-order valence-electron chi connectivity index (χ1n) is 11.5. The van der Waals surface area contributed by atoms with E-state index in [9.17, 15) is 13.2 Å². The molecule has 0 aliphatic heterocycles. The average molecular weight is 433 g/mol. The predicted molar refractivity (Wildman–Crippen MR) is 115 cm³/mol. The van der Waals surface area contributed by atoms with Gasteiger partial charge in [-0.05, 0) is 79.5 Å². The summed E-state index contributed by atoms with van der Waals surface area (Å²) in [5.74, 6) is -0.766. The smallest absolute Gasteiger partial charge is 0.200 e. The fourth-order valence-corrected chi connectivity index (χ4v) is 5.20. The van der Waals surface area contributed by atoms with E-state index in [4.69, 9.17) is 9.47 Å². The van der Waals surface area contributed by atoms with E-state index in [1.807, 2.05) is 6.07 Å². The van der Waals surface area contributed by atoms with E-state index in [0.29, 0.717) is 17.9 Å². The minimum absolute atomic E-state index is 0.000353. The molecule has 0 aromatic heterocycles. The SMILES string of the molecule is COc1ccc(C2CCC(COc3ccc(C4CCCCC4)c(F)c3F)CC2)c(F)c1. The first-order chi connectivity index (χ1) is 15.1. The Labute approximate surface area is 182 Å². The topological polar surface area (TPSA) is 18.5 Å². The van der Waals surface area contributed by atoms with Gasteiger partial charge in [-0.15, -0.1) is 0 Å². The van der Waals surface area contributed by atoms with Crippen molar-refractivity contribution in [3.8, 4) is 11.5 Å². The van der Waals surface area contributed by atoms with E-state index < -0.39 is 11.6 Å².